The van der Waals surface area contributed by atoms with Crippen LogP contribution in [0, 0.1) is 5.82 Å². The molecule has 2 rings (SSSR count). The Morgan fingerprint density at radius 2 is 1.90 bits per heavy atom. The third-order valence-electron chi connectivity index (χ3n) is 3.04. The molecule has 0 heterocycles. The topological polar surface area (TPSA) is 46.2 Å². The van der Waals surface area contributed by atoms with E-state index in [1.807, 2.05) is 6.07 Å². The zero-order chi connectivity index (χ0) is 15.2. The summed E-state index contributed by atoms with van der Waals surface area (Å²) in [4.78, 5) is 12.6. The Labute approximate surface area is 125 Å². The first-order valence-corrected chi connectivity index (χ1v) is 8.08. The lowest BCUT2D eigenvalue weighted by molar-refractivity contribution is 0.0954. The molecule has 0 bridgehead atoms. The number of benzene rings is 2. The summed E-state index contributed by atoms with van der Waals surface area (Å²) >= 11 is 0. The van der Waals surface area contributed by atoms with Gasteiger partial charge < -0.3 is 5.32 Å². The van der Waals surface area contributed by atoms with Gasteiger partial charge in [-0.3, -0.25) is 9.00 Å². The second kappa shape index (κ2) is 7.13. The van der Waals surface area contributed by atoms with Crippen LogP contribution in [0.5, 0.6) is 0 Å². The quantitative estimate of drug-likeness (QED) is 0.922. The van der Waals surface area contributed by atoms with Crippen molar-refractivity contribution in [3.8, 4) is 0 Å². The fourth-order valence-corrected chi connectivity index (χ4v) is 2.43. The zero-order valence-corrected chi connectivity index (χ0v) is 12.5. The highest BCUT2D eigenvalue weighted by molar-refractivity contribution is 7.84. The fourth-order valence-electron chi connectivity index (χ4n) is 1.91. The standard InChI is InChI=1S/C16H16FNO2S/c1-21(20)15-7-5-13(6-8-15)16(19)18-10-9-12-3-2-4-14(17)11-12/h2-8,11H,9-10H2,1H3,(H,18,19)/t21-/m1/s1. The van der Waals surface area contributed by atoms with E-state index in [1.165, 1.54) is 12.1 Å². The molecule has 1 atom stereocenters. The minimum Gasteiger partial charge on any atom is -0.352 e. The summed E-state index contributed by atoms with van der Waals surface area (Å²) < 4.78 is 24.3. The monoisotopic (exact) mass is 305 g/mol. The van der Waals surface area contributed by atoms with Gasteiger partial charge in [-0.05, 0) is 48.4 Å². The number of carbonyl (C=O) groups is 1. The van der Waals surface area contributed by atoms with Crippen molar-refractivity contribution in [1.29, 1.82) is 0 Å². The number of nitrogens with one attached hydrogen (secondary N) is 1. The molecule has 0 spiro atoms. The average Bonchev–Trinajstić information content (AvgIpc) is 2.47. The van der Waals surface area contributed by atoms with Crippen molar-refractivity contribution in [2.45, 2.75) is 11.3 Å². The van der Waals surface area contributed by atoms with Gasteiger partial charge in [-0.25, -0.2) is 4.39 Å². The third kappa shape index (κ3) is 4.49. The van der Waals surface area contributed by atoms with Crippen molar-refractivity contribution >= 4 is 16.7 Å². The number of halogens is 1. The lowest BCUT2D eigenvalue weighted by Gasteiger charge is -2.06. The lowest BCUT2D eigenvalue weighted by atomic mass is 10.1. The summed E-state index contributed by atoms with van der Waals surface area (Å²) in [5.41, 5.74) is 1.36. The predicted molar refractivity (Wildman–Crippen MR) is 81.2 cm³/mol. The molecule has 21 heavy (non-hydrogen) atoms. The number of hydrogen-bond acceptors (Lipinski definition) is 2. The molecule has 0 fully saturated rings. The number of carbonyl (C=O) groups excluding carboxylic acids is 1. The summed E-state index contributed by atoms with van der Waals surface area (Å²) in [7, 11) is -1.05. The molecule has 110 valence electrons. The molecule has 0 aliphatic carbocycles. The number of rotatable bonds is 5. The first kappa shape index (κ1) is 15.4. The first-order valence-electron chi connectivity index (χ1n) is 6.52. The molecule has 0 unspecified atom stereocenters. The molecule has 1 N–H and O–H groups in total. The smallest absolute Gasteiger partial charge is 0.251 e. The van der Waals surface area contributed by atoms with Gasteiger partial charge in [-0.15, -0.1) is 0 Å². The lowest BCUT2D eigenvalue weighted by Crippen LogP contribution is -2.25. The van der Waals surface area contributed by atoms with E-state index in [1.54, 1.807) is 36.6 Å². The minimum atomic E-state index is -1.05. The van der Waals surface area contributed by atoms with Crippen LogP contribution in [0.4, 0.5) is 4.39 Å². The van der Waals surface area contributed by atoms with Crippen LogP contribution < -0.4 is 5.32 Å². The van der Waals surface area contributed by atoms with Crippen LogP contribution in [0.15, 0.2) is 53.4 Å². The molecule has 0 aromatic heterocycles. The van der Waals surface area contributed by atoms with Crippen molar-refractivity contribution < 1.29 is 13.4 Å². The van der Waals surface area contributed by atoms with Gasteiger partial charge in [-0.1, -0.05) is 12.1 Å². The maximum Gasteiger partial charge on any atom is 0.251 e. The highest BCUT2D eigenvalue weighted by Gasteiger charge is 2.06. The van der Waals surface area contributed by atoms with Crippen LogP contribution in [0.25, 0.3) is 0 Å². The maximum atomic E-state index is 13.0. The minimum absolute atomic E-state index is 0.195. The van der Waals surface area contributed by atoms with E-state index < -0.39 is 10.8 Å². The molecule has 2 aromatic rings. The average molecular weight is 305 g/mol. The van der Waals surface area contributed by atoms with Gasteiger partial charge in [-0.2, -0.15) is 0 Å². The normalized spacial score (nSPS) is 11.9. The number of hydrogen-bond donors (Lipinski definition) is 1. The van der Waals surface area contributed by atoms with Crippen molar-refractivity contribution in [2.24, 2.45) is 0 Å². The van der Waals surface area contributed by atoms with E-state index in [-0.39, 0.29) is 11.7 Å². The molecule has 1 amide bonds. The Balaban J connectivity index is 1.88. The van der Waals surface area contributed by atoms with Crippen LogP contribution in [-0.2, 0) is 17.2 Å². The molecule has 0 saturated carbocycles. The van der Waals surface area contributed by atoms with Crippen molar-refractivity contribution in [3.63, 3.8) is 0 Å². The van der Waals surface area contributed by atoms with Crippen molar-refractivity contribution in [2.75, 3.05) is 12.8 Å². The Kier molecular flexibility index (Phi) is 5.22. The van der Waals surface area contributed by atoms with E-state index in [0.717, 1.165) is 5.56 Å². The first-order chi connectivity index (χ1) is 10.1. The van der Waals surface area contributed by atoms with E-state index >= 15 is 0 Å². The molecule has 0 aliphatic heterocycles. The van der Waals surface area contributed by atoms with Gasteiger partial charge in [0.1, 0.15) is 5.82 Å². The Morgan fingerprint density at radius 3 is 2.52 bits per heavy atom. The summed E-state index contributed by atoms with van der Waals surface area (Å²) in [5, 5.41) is 2.78. The zero-order valence-electron chi connectivity index (χ0n) is 11.6. The van der Waals surface area contributed by atoms with Crippen LogP contribution in [0.1, 0.15) is 15.9 Å². The van der Waals surface area contributed by atoms with Gasteiger partial charge >= 0.3 is 0 Å². The van der Waals surface area contributed by atoms with E-state index in [2.05, 4.69) is 5.32 Å². The molecular weight excluding hydrogens is 289 g/mol. The van der Waals surface area contributed by atoms with Gasteiger partial charge in [0.05, 0.1) is 0 Å². The van der Waals surface area contributed by atoms with Gasteiger partial charge in [0.25, 0.3) is 5.91 Å². The van der Waals surface area contributed by atoms with Crippen LogP contribution >= 0.6 is 0 Å². The second-order valence-electron chi connectivity index (χ2n) is 4.61. The highest BCUT2D eigenvalue weighted by Crippen LogP contribution is 2.08. The van der Waals surface area contributed by atoms with Crippen LogP contribution in [0.2, 0.25) is 0 Å². The predicted octanol–water partition coefficient (Wildman–Crippen LogP) is 2.54. The molecular formula is C16H16FNO2S. The molecule has 0 aliphatic rings. The highest BCUT2D eigenvalue weighted by atomic mass is 32.2. The molecule has 0 saturated heterocycles. The Bertz CT molecular complexity index is 656. The summed E-state index contributed by atoms with van der Waals surface area (Å²) in [6.07, 6.45) is 2.16. The summed E-state index contributed by atoms with van der Waals surface area (Å²) in [5.74, 6) is -0.471. The molecule has 3 nitrogen and oxygen atoms in total. The molecule has 5 heteroatoms. The second-order valence-corrected chi connectivity index (χ2v) is 5.99. The summed E-state index contributed by atoms with van der Waals surface area (Å²) in [6, 6.07) is 13.0. The molecule has 2 aromatic carbocycles. The van der Waals surface area contributed by atoms with E-state index in [4.69, 9.17) is 0 Å². The largest absolute Gasteiger partial charge is 0.352 e. The third-order valence-corrected chi connectivity index (χ3v) is 3.97. The number of amides is 1. The molecule has 0 radical (unpaired) electrons. The maximum absolute atomic E-state index is 13.0. The van der Waals surface area contributed by atoms with Crippen molar-refractivity contribution in [3.05, 3.63) is 65.5 Å². The van der Waals surface area contributed by atoms with E-state index in [0.29, 0.717) is 23.4 Å². The van der Waals surface area contributed by atoms with Gasteiger partial charge in [0.2, 0.25) is 0 Å². The summed E-state index contributed by atoms with van der Waals surface area (Å²) in [6.45, 7) is 0.434. The SMILES string of the molecule is C[S@@](=O)c1ccc(C(=O)NCCc2cccc(F)c2)cc1. The van der Waals surface area contributed by atoms with Gasteiger partial charge in [0, 0.05) is 34.1 Å². The van der Waals surface area contributed by atoms with Crippen LogP contribution in [-0.4, -0.2) is 22.9 Å². The van der Waals surface area contributed by atoms with Crippen LogP contribution in [0.3, 0.4) is 0 Å². The van der Waals surface area contributed by atoms with E-state index in [9.17, 15) is 13.4 Å². The van der Waals surface area contributed by atoms with Crippen molar-refractivity contribution in [1.82, 2.24) is 5.32 Å². The fraction of sp³-hybridized carbons (Fsp3) is 0.188. The Hall–Kier alpha value is -2.01. The Morgan fingerprint density at radius 1 is 1.19 bits per heavy atom. The van der Waals surface area contributed by atoms with Gasteiger partial charge in [0.15, 0.2) is 0 Å².